The fourth-order valence-corrected chi connectivity index (χ4v) is 9.12. The molecule has 1 unspecified atom stereocenters. The van der Waals surface area contributed by atoms with E-state index in [0.29, 0.717) is 19.3 Å². The standard InChI is InChI=1S/C62H116O6/c1-4-7-10-13-15-17-19-21-23-25-26-27-28-29-30-31-32-33-34-35-36-37-39-40-42-44-46-49-52-55-61(64)67-58-59(57-66-60(63)54-51-48-12-9-6-3)68-62(65)56-53-50-47-45-43-41-38-24-22-20-18-16-14-11-8-5-2/h18,20,24,38,59H,4-17,19,21-23,25-37,39-58H2,1-3H3/b20-18-,38-24-. The Morgan fingerprint density at radius 1 is 0.294 bits per heavy atom. The van der Waals surface area contributed by atoms with Crippen LogP contribution in [0.4, 0.5) is 0 Å². The normalized spacial score (nSPS) is 12.1. The molecule has 0 bridgehead atoms. The Labute approximate surface area is 423 Å². The molecule has 0 amide bonds. The van der Waals surface area contributed by atoms with E-state index in [0.717, 1.165) is 83.5 Å². The summed E-state index contributed by atoms with van der Waals surface area (Å²) < 4.78 is 16.7. The highest BCUT2D eigenvalue weighted by atomic mass is 16.6. The van der Waals surface area contributed by atoms with Crippen LogP contribution in [0, 0.1) is 0 Å². The molecule has 400 valence electrons. The van der Waals surface area contributed by atoms with Gasteiger partial charge in [-0.3, -0.25) is 14.4 Å². The van der Waals surface area contributed by atoms with E-state index in [4.69, 9.17) is 14.2 Å². The average molecular weight is 958 g/mol. The van der Waals surface area contributed by atoms with Crippen molar-refractivity contribution >= 4 is 17.9 Å². The van der Waals surface area contributed by atoms with Gasteiger partial charge in [-0.1, -0.05) is 289 Å². The Morgan fingerprint density at radius 3 is 0.824 bits per heavy atom. The molecule has 68 heavy (non-hydrogen) atoms. The van der Waals surface area contributed by atoms with Gasteiger partial charge in [-0.05, 0) is 51.4 Å². The van der Waals surface area contributed by atoms with Crippen LogP contribution in [-0.4, -0.2) is 37.2 Å². The molecule has 0 aromatic carbocycles. The SMILES string of the molecule is CCCCCC/C=C\C/C=C\CCCCCCCC(=O)OC(COC(=O)CCCCCCC)COC(=O)CCCCCCCCCCCCCCCCCCCCCCCCCCCCCCC. The van der Waals surface area contributed by atoms with E-state index in [-0.39, 0.29) is 31.1 Å². The molecule has 0 aliphatic carbocycles. The van der Waals surface area contributed by atoms with Crippen LogP contribution in [0.1, 0.15) is 335 Å². The fourth-order valence-electron chi connectivity index (χ4n) is 9.12. The number of carbonyl (C=O) groups is 3. The lowest BCUT2D eigenvalue weighted by molar-refractivity contribution is -0.167. The summed E-state index contributed by atoms with van der Waals surface area (Å²) >= 11 is 0. The molecule has 6 heteroatoms. The third kappa shape index (κ3) is 54.8. The summed E-state index contributed by atoms with van der Waals surface area (Å²) in [6.07, 6.45) is 68.1. The molecule has 0 aromatic rings. The van der Waals surface area contributed by atoms with E-state index in [1.165, 1.54) is 212 Å². The lowest BCUT2D eigenvalue weighted by atomic mass is 10.0. The van der Waals surface area contributed by atoms with Gasteiger partial charge >= 0.3 is 17.9 Å². The first-order chi connectivity index (χ1) is 33.5. The van der Waals surface area contributed by atoms with Crippen molar-refractivity contribution in [2.45, 2.75) is 341 Å². The molecule has 0 heterocycles. The minimum absolute atomic E-state index is 0.0732. The van der Waals surface area contributed by atoms with Crippen LogP contribution >= 0.6 is 0 Å². The second-order valence-electron chi connectivity index (χ2n) is 20.6. The predicted molar refractivity (Wildman–Crippen MR) is 293 cm³/mol. The largest absolute Gasteiger partial charge is 0.462 e. The highest BCUT2D eigenvalue weighted by molar-refractivity contribution is 5.71. The molecule has 6 nitrogen and oxygen atoms in total. The van der Waals surface area contributed by atoms with E-state index >= 15 is 0 Å². The Hall–Kier alpha value is -2.11. The maximum atomic E-state index is 12.8. The second kappa shape index (κ2) is 57.5. The van der Waals surface area contributed by atoms with Crippen LogP contribution in [-0.2, 0) is 28.6 Å². The van der Waals surface area contributed by atoms with Gasteiger partial charge in [0.15, 0.2) is 6.10 Å². The van der Waals surface area contributed by atoms with Crippen molar-refractivity contribution in [3.05, 3.63) is 24.3 Å². The van der Waals surface area contributed by atoms with E-state index < -0.39 is 6.10 Å². The Morgan fingerprint density at radius 2 is 0.529 bits per heavy atom. The van der Waals surface area contributed by atoms with Crippen LogP contribution < -0.4 is 0 Å². The zero-order chi connectivity index (χ0) is 49.3. The topological polar surface area (TPSA) is 78.9 Å². The molecule has 0 radical (unpaired) electrons. The first-order valence-corrected chi connectivity index (χ1v) is 30.3. The number of hydrogen-bond donors (Lipinski definition) is 0. The van der Waals surface area contributed by atoms with Gasteiger partial charge < -0.3 is 14.2 Å². The van der Waals surface area contributed by atoms with Crippen molar-refractivity contribution in [3.63, 3.8) is 0 Å². The number of ether oxygens (including phenoxy) is 3. The fraction of sp³-hybridized carbons (Fsp3) is 0.887. The van der Waals surface area contributed by atoms with Crippen LogP contribution in [0.25, 0.3) is 0 Å². The van der Waals surface area contributed by atoms with Gasteiger partial charge in [-0.2, -0.15) is 0 Å². The van der Waals surface area contributed by atoms with E-state index in [9.17, 15) is 14.4 Å². The molecule has 0 rings (SSSR count). The van der Waals surface area contributed by atoms with E-state index in [1.807, 2.05) is 0 Å². The highest BCUT2D eigenvalue weighted by Gasteiger charge is 2.19. The van der Waals surface area contributed by atoms with Gasteiger partial charge in [0.2, 0.25) is 0 Å². The number of carbonyl (C=O) groups excluding carboxylic acids is 3. The highest BCUT2D eigenvalue weighted by Crippen LogP contribution is 2.18. The lowest BCUT2D eigenvalue weighted by Crippen LogP contribution is -2.30. The average Bonchev–Trinajstić information content (AvgIpc) is 3.34. The van der Waals surface area contributed by atoms with Crippen molar-refractivity contribution in [3.8, 4) is 0 Å². The van der Waals surface area contributed by atoms with Crippen molar-refractivity contribution in [1.29, 1.82) is 0 Å². The summed E-state index contributed by atoms with van der Waals surface area (Å²) in [4.78, 5) is 37.8. The zero-order valence-electron chi connectivity index (χ0n) is 45.9. The smallest absolute Gasteiger partial charge is 0.306 e. The molecular weight excluding hydrogens is 841 g/mol. The zero-order valence-corrected chi connectivity index (χ0v) is 45.9. The third-order valence-corrected chi connectivity index (χ3v) is 13.7. The number of rotatable bonds is 56. The van der Waals surface area contributed by atoms with Gasteiger partial charge in [0.1, 0.15) is 13.2 Å². The molecule has 0 N–H and O–H groups in total. The Bertz CT molecular complexity index is 1100. The Kier molecular flexibility index (Phi) is 55.7. The molecule has 0 fully saturated rings. The van der Waals surface area contributed by atoms with Gasteiger partial charge in [-0.15, -0.1) is 0 Å². The summed E-state index contributed by atoms with van der Waals surface area (Å²) in [6.45, 7) is 6.57. The van der Waals surface area contributed by atoms with Crippen molar-refractivity contribution in [1.82, 2.24) is 0 Å². The molecule has 0 aromatic heterocycles. The van der Waals surface area contributed by atoms with E-state index in [1.54, 1.807) is 0 Å². The third-order valence-electron chi connectivity index (χ3n) is 13.7. The summed E-state index contributed by atoms with van der Waals surface area (Å²) in [6, 6.07) is 0. The van der Waals surface area contributed by atoms with Gasteiger partial charge in [-0.25, -0.2) is 0 Å². The number of hydrogen-bond acceptors (Lipinski definition) is 6. The van der Waals surface area contributed by atoms with Crippen LogP contribution in [0.15, 0.2) is 24.3 Å². The quantitative estimate of drug-likeness (QED) is 0.0262. The van der Waals surface area contributed by atoms with Crippen LogP contribution in [0.2, 0.25) is 0 Å². The molecule has 0 spiro atoms. The summed E-state index contributed by atoms with van der Waals surface area (Å²) in [5.74, 6) is -0.884. The minimum atomic E-state index is -0.772. The number of esters is 3. The van der Waals surface area contributed by atoms with Crippen molar-refractivity contribution < 1.29 is 28.6 Å². The second-order valence-corrected chi connectivity index (χ2v) is 20.6. The maximum absolute atomic E-state index is 12.8. The molecule has 0 aliphatic heterocycles. The summed E-state index contributed by atoms with van der Waals surface area (Å²) in [5, 5.41) is 0. The molecule has 0 aliphatic rings. The molecule has 1 atom stereocenters. The van der Waals surface area contributed by atoms with Gasteiger partial charge in [0.25, 0.3) is 0 Å². The minimum Gasteiger partial charge on any atom is -0.462 e. The first kappa shape index (κ1) is 65.9. The van der Waals surface area contributed by atoms with E-state index in [2.05, 4.69) is 45.1 Å². The van der Waals surface area contributed by atoms with Crippen LogP contribution in [0.3, 0.4) is 0 Å². The predicted octanol–water partition coefficient (Wildman–Crippen LogP) is 20.3. The molecule has 0 saturated heterocycles. The lowest BCUT2D eigenvalue weighted by Gasteiger charge is -2.18. The van der Waals surface area contributed by atoms with Gasteiger partial charge in [0, 0.05) is 19.3 Å². The van der Waals surface area contributed by atoms with Gasteiger partial charge in [0.05, 0.1) is 0 Å². The van der Waals surface area contributed by atoms with Crippen molar-refractivity contribution in [2.75, 3.05) is 13.2 Å². The maximum Gasteiger partial charge on any atom is 0.306 e. The van der Waals surface area contributed by atoms with Crippen LogP contribution in [0.5, 0.6) is 0 Å². The van der Waals surface area contributed by atoms with Crippen molar-refractivity contribution in [2.24, 2.45) is 0 Å². The monoisotopic (exact) mass is 957 g/mol. The number of allylic oxidation sites excluding steroid dienone is 4. The number of unbranched alkanes of at least 4 members (excludes halogenated alkanes) is 41. The summed E-state index contributed by atoms with van der Waals surface area (Å²) in [5.41, 5.74) is 0. The summed E-state index contributed by atoms with van der Waals surface area (Å²) in [7, 11) is 0. The molecule has 0 saturated carbocycles. The Balaban J connectivity index is 3.94. The first-order valence-electron chi connectivity index (χ1n) is 30.3. The molecular formula is C62H116O6.